The van der Waals surface area contributed by atoms with Crippen molar-refractivity contribution in [3.63, 3.8) is 0 Å². The van der Waals surface area contributed by atoms with Gasteiger partial charge in [-0.3, -0.25) is 0 Å². The summed E-state index contributed by atoms with van der Waals surface area (Å²) in [5, 5.41) is 8.49. The summed E-state index contributed by atoms with van der Waals surface area (Å²) < 4.78 is 19.4. The molecule has 1 N–H and O–H groups in total. The van der Waals surface area contributed by atoms with Gasteiger partial charge >= 0.3 is 5.97 Å². The van der Waals surface area contributed by atoms with Gasteiger partial charge in [-0.05, 0) is 18.6 Å². The number of carbonyl (C=O) groups is 1. The lowest BCUT2D eigenvalue weighted by Gasteiger charge is -2.07. The quantitative estimate of drug-likeness (QED) is 0.267. The fourth-order valence-corrected chi connectivity index (χ4v) is 3.12. The van der Waals surface area contributed by atoms with Gasteiger partial charge in [-0.1, -0.05) is 89.9 Å². The van der Waals surface area contributed by atoms with Gasteiger partial charge in [0.05, 0.1) is 12.2 Å². The van der Waals surface area contributed by atoms with E-state index in [1.165, 1.54) is 82.8 Å². The molecule has 1 rings (SSSR count). The molecule has 0 unspecified atom stereocenters. The highest BCUT2D eigenvalue weighted by molar-refractivity contribution is 5.87. The van der Waals surface area contributed by atoms with Crippen LogP contribution in [0, 0.1) is 17.7 Å². The summed E-state index contributed by atoms with van der Waals surface area (Å²) in [6.07, 6.45) is 16.9. The largest absolute Gasteiger partial charge is 0.493 e. The third kappa shape index (κ3) is 12.4. The number of aliphatic carboxylic acids is 1. The number of carboxylic acids is 1. The normalized spacial score (nSPS) is 10.4. The van der Waals surface area contributed by atoms with Gasteiger partial charge in [0.1, 0.15) is 11.6 Å². The highest BCUT2D eigenvalue weighted by Crippen LogP contribution is 2.17. The Balaban J connectivity index is 2.00. The van der Waals surface area contributed by atoms with Crippen LogP contribution in [0.25, 0.3) is 0 Å². The van der Waals surface area contributed by atoms with Gasteiger partial charge < -0.3 is 9.84 Å². The molecule has 156 valence electrons. The lowest BCUT2D eigenvalue weighted by molar-refractivity contribution is -0.130. The van der Waals surface area contributed by atoms with Gasteiger partial charge in [-0.25, -0.2) is 9.18 Å². The molecule has 0 fully saturated rings. The molecule has 3 nitrogen and oxygen atoms in total. The topological polar surface area (TPSA) is 46.5 Å². The van der Waals surface area contributed by atoms with Crippen LogP contribution in [0.2, 0.25) is 0 Å². The maximum Gasteiger partial charge on any atom is 0.382 e. The molecule has 0 aliphatic heterocycles. The summed E-state index contributed by atoms with van der Waals surface area (Å²) in [5.74, 6) is 2.81. The second-order valence-corrected chi connectivity index (χ2v) is 7.29. The van der Waals surface area contributed by atoms with E-state index >= 15 is 0 Å². The predicted octanol–water partition coefficient (Wildman–Crippen LogP) is 6.73. The van der Waals surface area contributed by atoms with E-state index in [-0.39, 0.29) is 5.56 Å². The SMILES string of the molecule is CCCCCCCCCCCCCCCOc1ccc(C#CC(=O)O)c(F)c1. The van der Waals surface area contributed by atoms with E-state index in [0.29, 0.717) is 12.4 Å². The van der Waals surface area contributed by atoms with Crippen molar-refractivity contribution in [2.24, 2.45) is 0 Å². The number of hydrogen-bond acceptors (Lipinski definition) is 2. The molecular weight excluding hydrogens is 355 g/mol. The zero-order valence-corrected chi connectivity index (χ0v) is 17.3. The Bertz CT molecular complexity index is 616. The van der Waals surface area contributed by atoms with Gasteiger partial charge in [-0.2, -0.15) is 0 Å². The summed E-state index contributed by atoms with van der Waals surface area (Å²) in [5.41, 5.74) is 0.0655. The van der Waals surface area contributed by atoms with E-state index in [1.54, 1.807) is 6.07 Å². The number of rotatable bonds is 15. The minimum atomic E-state index is -1.28. The van der Waals surface area contributed by atoms with Crippen molar-refractivity contribution in [3.05, 3.63) is 29.6 Å². The van der Waals surface area contributed by atoms with Crippen LogP contribution in [0.15, 0.2) is 18.2 Å². The van der Waals surface area contributed by atoms with Gasteiger partial charge in [0.2, 0.25) is 0 Å². The van der Waals surface area contributed by atoms with Crippen LogP contribution in [-0.2, 0) is 4.79 Å². The minimum Gasteiger partial charge on any atom is -0.493 e. The molecule has 0 aromatic heterocycles. The first kappa shape index (κ1) is 24.0. The first-order valence-electron chi connectivity index (χ1n) is 10.8. The Labute approximate surface area is 169 Å². The predicted molar refractivity (Wildman–Crippen MR) is 112 cm³/mol. The number of ether oxygens (including phenoxy) is 1. The number of unbranched alkanes of at least 4 members (excludes halogenated alkanes) is 12. The zero-order valence-electron chi connectivity index (χ0n) is 17.3. The molecule has 1 aromatic rings. The minimum absolute atomic E-state index is 0.0655. The maximum absolute atomic E-state index is 13.8. The van der Waals surface area contributed by atoms with E-state index in [1.807, 2.05) is 5.92 Å². The van der Waals surface area contributed by atoms with Crippen LogP contribution in [0.4, 0.5) is 4.39 Å². The van der Waals surface area contributed by atoms with Crippen molar-refractivity contribution >= 4 is 5.97 Å². The standard InChI is InChI=1S/C24H35FO3/c1-2-3-4-5-6-7-8-9-10-11-12-13-14-19-28-22-17-15-21(23(25)20-22)16-18-24(26)27/h15,17,20H,2-14,19H2,1H3,(H,26,27). The van der Waals surface area contributed by atoms with Crippen molar-refractivity contribution in [2.75, 3.05) is 6.61 Å². The van der Waals surface area contributed by atoms with Crippen LogP contribution in [0.3, 0.4) is 0 Å². The molecule has 4 heteroatoms. The summed E-state index contributed by atoms with van der Waals surface area (Å²) in [6, 6.07) is 4.33. The molecule has 0 bridgehead atoms. The summed E-state index contributed by atoms with van der Waals surface area (Å²) in [4.78, 5) is 10.4. The Morgan fingerprint density at radius 1 is 0.929 bits per heavy atom. The van der Waals surface area contributed by atoms with Gasteiger partial charge in [0, 0.05) is 12.0 Å². The Kier molecular flexibility index (Phi) is 13.7. The van der Waals surface area contributed by atoms with Crippen molar-refractivity contribution in [2.45, 2.75) is 90.4 Å². The molecule has 0 saturated carbocycles. The molecule has 0 radical (unpaired) electrons. The van der Waals surface area contributed by atoms with Crippen molar-refractivity contribution < 1.29 is 19.0 Å². The second kappa shape index (κ2) is 16.0. The number of hydrogen-bond donors (Lipinski definition) is 1. The van der Waals surface area contributed by atoms with Crippen LogP contribution >= 0.6 is 0 Å². The average Bonchev–Trinajstić information content (AvgIpc) is 2.67. The van der Waals surface area contributed by atoms with E-state index in [0.717, 1.165) is 12.8 Å². The molecule has 0 heterocycles. The number of carboxylic acid groups (broad SMARTS) is 1. The van der Waals surface area contributed by atoms with Crippen molar-refractivity contribution in [1.82, 2.24) is 0 Å². The molecule has 0 spiro atoms. The van der Waals surface area contributed by atoms with Crippen LogP contribution < -0.4 is 4.74 Å². The van der Waals surface area contributed by atoms with E-state index in [2.05, 4.69) is 12.8 Å². The summed E-state index contributed by atoms with van der Waals surface area (Å²) in [6.45, 7) is 2.82. The average molecular weight is 391 g/mol. The van der Waals surface area contributed by atoms with E-state index in [9.17, 15) is 9.18 Å². The highest BCUT2D eigenvalue weighted by Gasteiger charge is 2.03. The zero-order chi connectivity index (χ0) is 20.5. The molecule has 0 saturated heterocycles. The first-order chi connectivity index (χ1) is 13.6. The van der Waals surface area contributed by atoms with Crippen LogP contribution in [0.1, 0.15) is 96.0 Å². The Morgan fingerprint density at radius 2 is 1.46 bits per heavy atom. The van der Waals surface area contributed by atoms with Gasteiger partial charge in [-0.15, -0.1) is 0 Å². The maximum atomic E-state index is 13.8. The van der Waals surface area contributed by atoms with Crippen LogP contribution in [-0.4, -0.2) is 17.7 Å². The lowest BCUT2D eigenvalue weighted by atomic mass is 10.0. The van der Waals surface area contributed by atoms with E-state index in [4.69, 9.17) is 9.84 Å². The molecule has 0 aliphatic rings. The lowest BCUT2D eigenvalue weighted by Crippen LogP contribution is -1.98. The molecular formula is C24H35FO3. The van der Waals surface area contributed by atoms with Gasteiger partial charge in [0.15, 0.2) is 0 Å². The van der Waals surface area contributed by atoms with Crippen molar-refractivity contribution in [3.8, 4) is 17.6 Å². The summed E-state index contributed by atoms with van der Waals surface area (Å²) >= 11 is 0. The monoisotopic (exact) mass is 390 g/mol. The molecule has 0 amide bonds. The smallest absolute Gasteiger partial charge is 0.382 e. The van der Waals surface area contributed by atoms with Crippen molar-refractivity contribution in [1.29, 1.82) is 0 Å². The Morgan fingerprint density at radius 3 is 1.96 bits per heavy atom. The van der Waals surface area contributed by atoms with Crippen LogP contribution in [0.5, 0.6) is 5.75 Å². The molecule has 28 heavy (non-hydrogen) atoms. The Hall–Kier alpha value is -2.02. The fourth-order valence-electron chi connectivity index (χ4n) is 3.12. The fraction of sp³-hybridized carbons (Fsp3) is 0.625. The number of benzene rings is 1. The number of halogens is 1. The van der Waals surface area contributed by atoms with E-state index < -0.39 is 11.8 Å². The first-order valence-corrected chi connectivity index (χ1v) is 10.8. The molecule has 1 aromatic carbocycles. The third-order valence-corrected chi connectivity index (χ3v) is 4.76. The molecule has 0 aliphatic carbocycles. The highest BCUT2D eigenvalue weighted by atomic mass is 19.1. The second-order valence-electron chi connectivity index (χ2n) is 7.29. The van der Waals surface area contributed by atoms with Gasteiger partial charge in [0.25, 0.3) is 0 Å². The molecule has 0 atom stereocenters. The third-order valence-electron chi connectivity index (χ3n) is 4.76. The summed E-state index contributed by atoms with van der Waals surface area (Å²) in [7, 11) is 0.